The standard InChI is InChI=1S/C11H11FN4/c1-7-6-10(15-16-11(7)13)14-9-4-2-8(12)3-5-9/h2-6H,1H3,(H2,13,16)(H,14,15). The lowest BCUT2D eigenvalue weighted by Gasteiger charge is -2.06. The number of rotatable bonds is 2. The van der Waals surface area contributed by atoms with Crippen LogP contribution in [0.25, 0.3) is 0 Å². The van der Waals surface area contributed by atoms with E-state index in [1.807, 2.05) is 6.92 Å². The topological polar surface area (TPSA) is 63.8 Å². The lowest BCUT2D eigenvalue weighted by molar-refractivity contribution is 0.628. The average molecular weight is 218 g/mol. The monoisotopic (exact) mass is 218 g/mol. The van der Waals surface area contributed by atoms with E-state index in [0.29, 0.717) is 11.6 Å². The molecule has 0 spiro atoms. The zero-order chi connectivity index (χ0) is 11.5. The minimum absolute atomic E-state index is 0.273. The van der Waals surface area contributed by atoms with Crippen molar-refractivity contribution in [2.24, 2.45) is 0 Å². The third-order valence-electron chi connectivity index (χ3n) is 2.14. The highest BCUT2D eigenvalue weighted by Gasteiger charge is 2.00. The first kappa shape index (κ1) is 10.4. The second-order valence-corrected chi connectivity index (χ2v) is 3.43. The van der Waals surface area contributed by atoms with Gasteiger partial charge in [-0.1, -0.05) is 0 Å². The van der Waals surface area contributed by atoms with Crippen molar-refractivity contribution in [1.29, 1.82) is 0 Å². The van der Waals surface area contributed by atoms with Gasteiger partial charge in [-0.3, -0.25) is 0 Å². The number of halogens is 1. The van der Waals surface area contributed by atoms with E-state index in [1.165, 1.54) is 12.1 Å². The van der Waals surface area contributed by atoms with Gasteiger partial charge < -0.3 is 11.1 Å². The molecule has 0 saturated heterocycles. The molecule has 3 N–H and O–H groups in total. The molecule has 5 heteroatoms. The number of benzene rings is 1. The highest BCUT2D eigenvalue weighted by molar-refractivity contribution is 5.57. The normalized spacial score (nSPS) is 10.1. The molecule has 0 unspecified atom stereocenters. The number of nitrogen functional groups attached to an aromatic ring is 1. The maximum absolute atomic E-state index is 12.7. The van der Waals surface area contributed by atoms with Crippen molar-refractivity contribution in [3.05, 3.63) is 41.7 Å². The fraction of sp³-hybridized carbons (Fsp3) is 0.0909. The summed E-state index contributed by atoms with van der Waals surface area (Å²) in [4.78, 5) is 0. The van der Waals surface area contributed by atoms with Gasteiger partial charge in [0.15, 0.2) is 5.82 Å². The van der Waals surface area contributed by atoms with Crippen LogP contribution in [0.4, 0.5) is 21.7 Å². The predicted molar refractivity (Wildman–Crippen MR) is 60.9 cm³/mol. The number of nitrogens with zero attached hydrogens (tertiary/aromatic N) is 2. The van der Waals surface area contributed by atoms with Crippen LogP contribution in [0.5, 0.6) is 0 Å². The molecule has 0 atom stereocenters. The number of aromatic nitrogens is 2. The third kappa shape index (κ3) is 2.25. The summed E-state index contributed by atoms with van der Waals surface area (Å²) < 4.78 is 12.7. The van der Waals surface area contributed by atoms with Gasteiger partial charge in [-0.15, -0.1) is 10.2 Å². The minimum atomic E-state index is -0.273. The van der Waals surface area contributed by atoms with Gasteiger partial charge in [0.1, 0.15) is 11.6 Å². The van der Waals surface area contributed by atoms with Crippen molar-refractivity contribution in [2.45, 2.75) is 6.92 Å². The number of nitrogens with two attached hydrogens (primary N) is 1. The van der Waals surface area contributed by atoms with Crippen molar-refractivity contribution in [3.63, 3.8) is 0 Å². The van der Waals surface area contributed by atoms with Crippen LogP contribution in [-0.4, -0.2) is 10.2 Å². The van der Waals surface area contributed by atoms with E-state index in [0.717, 1.165) is 11.3 Å². The van der Waals surface area contributed by atoms with Crippen LogP contribution in [0.2, 0.25) is 0 Å². The van der Waals surface area contributed by atoms with Crippen molar-refractivity contribution >= 4 is 17.3 Å². The summed E-state index contributed by atoms with van der Waals surface area (Å²) in [7, 11) is 0. The number of hydrogen-bond donors (Lipinski definition) is 2. The second kappa shape index (κ2) is 4.14. The Hall–Kier alpha value is -2.17. The maximum atomic E-state index is 12.7. The van der Waals surface area contributed by atoms with Crippen LogP contribution < -0.4 is 11.1 Å². The molecule has 0 aliphatic heterocycles. The van der Waals surface area contributed by atoms with E-state index in [-0.39, 0.29) is 5.82 Å². The highest BCUT2D eigenvalue weighted by Crippen LogP contribution is 2.16. The minimum Gasteiger partial charge on any atom is -0.382 e. The quantitative estimate of drug-likeness (QED) is 0.811. The molecule has 0 aliphatic carbocycles. The van der Waals surface area contributed by atoms with Gasteiger partial charge in [-0.2, -0.15) is 0 Å². The molecule has 2 rings (SSSR count). The van der Waals surface area contributed by atoms with Crippen LogP contribution in [0.1, 0.15) is 5.56 Å². The molecular weight excluding hydrogens is 207 g/mol. The number of anilines is 3. The zero-order valence-electron chi connectivity index (χ0n) is 8.74. The van der Waals surface area contributed by atoms with E-state index >= 15 is 0 Å². The van der Waals surface area contributed by atoms with E-state index in [4.69, 9.17) is 5.73 Å². The Kier molecular flexibility index (Phi) is 2.68. The van der Waals surface area contributed by atoms with Crippen LogP contribution >= 0.6 is 0 Å². The van der Waals surface area contributed by atoms with Crippen molar-refractivity contribution in [2.75, 3.05) is 11.1 Å². The Morgan fingerprint density at radius 2 is 1.88 bits per heavy atom. The third-order valence-corrected chi connectivity index (χ3v) is 2.14. The van der Waals surface area contributed by atoms with E-state index < -0.39 is 0 Å². The van der Waals surface area contributed by atoms with Crippen molar-refractivity contribution in [3.8, 4) is 0 Å². The molecule has 2 aromatic rings. The number of aryl methyl sites for hydroxylation is 1. The van der Waals surface area contributed by atoms with Gasteiger partial charge in [0, 0.05) is 5.69 Å². The van der Waals surface area contributed by atoms with Crippen LogP contribution in [0.3, 0.4) is 0 Å². The van der Waals surface area contributed by atoms with Gasteiger partial charge in [0.25, 0.3) is 0 Å². The lowest BCUT2D eigenvalue weighted by Crippen LogP contribution is -2.00. The number of nitrogens with one attached hydrogen (secondary N) is 1. The summed E-state index contributed by atoms with van der Waals surface area (Å²) in [6, 6.07) is 7.79. The lowest BCUT2D eigenvalue weighted by atomic mass is 10.3. The Balaban J connectivity index is 2.20. The SMILES string of the molecule is Cc1cc(Nc2ccc(F)cc2)nnc1N. The molecule has 1 heterocycles. The molecule has 0 saturated carbocycles. The summed E-state index contributed by atoms with van der Waals surface area (Å²) in [5.74, 6) is 0.716. The largest absolute Gasteiger partial charge is 0.382 e. The Labute approximate surface area is 92.3 Å². The average Bonchev–Trinajstić information content (AvgIpc) is 2.27. The van der Waals surface area contributed by atoms with E-state index in [9.17, 15) is 4.39 Å². The molecular formula is C11H11FN4. The zero-order valence-corrected chi connectivity index (χ0v) is 8.74. The first-order valence-corrected chi connectivity index (χ1v) is 4.77. The van der Waals surface area contributed by atoms with E-state index in [1.54, 1.807) is 18.2 Å². The summed E-state index contributed by atoms with van der Waals surface area (Å²) in [5, 5.41) is 10.7. The molecule has 0 fully saturated rings. The van der Waals surface area contributed by atoms with Gasteiger partial charge in [0.2, 0.25) is 0 Å². The predicted octanol–water partition coefficient (Wildman–Crippen LogP) is 2.25. The second-order valence-electron chi connectivity index (χ2n) is 3.43. The molecule has 1 aromatic carbocycles. The molecule has 0 radical (unpaired) electrons. The maximum Gasteiger partial charge on any atom is 0.153 e. The van der Waals surface area contributed by atoms with Crippen LogP contribution in [0, 0.1) is 12.7 Å². The number of hydrogen-bond acceptors (Lipinski definition) is 4. The summed E-state index contributed by atoms with van der Waals surface area (Å²) >= 11 is 0. The van der Waals surface area contributed by atoms with Crippen LogP contribution in [0.15, 0.2) is 30.3 Å². The first-order valence-electron chi connectivity index (χ1n) is 4.77. The van der Waals surface area contributed by atoms with Crippen LogP contribution in [-0.2, 0) is 0 Å². The first-order chi connectivity index (χ1) is 7.65. The fourth-order valence-electron chi connectivity index (χ4n) is 1.24. The van der Waals surface area contributed by atoms with Gasteiger partial charge >= 0.3 is 0 Å². The molecule has 0 bridgehead atoms. The molecule has 82 valence electrons. The molecule has 0 amide bonds. The summed E-state index contributed by atoms with van der Waals surface area (Å²) in [5.41, 5.74) is 7.15. The Morgan fingerprint density at radius 3 is 2.50 bits per heavy atom. The van der Waals surface area contributed by atoms with Crippen molar-refractivity contribution < 1.29 is 4.39 Å². The van der Waals surface area contributed by atoms with Gasteiger partial charge in [0.05, 0.1) is 0 Å². The Bertz CT molecular complexity index is 496. The summed E-state index contributed by atoms with van der Waals surface area (Å²) in [6.45, 7) is 1.85. The Morgan fingerprint density at radius 1 is 1.19 bits per heavy atom. The summed E-state index contributed by atoms with van der Waals surface area (Å²) in [6.07, 6.45) is 0. The highest BCUT2D eigenvalue weighted by atomic mass is 19.1. The van der Waals surface area contributed by atoms with Crippen molar-refractivity contribution in [1.82, 2.24) is 10.2 Å². The van der Waals surface area contributed by atoms with Gasteiger partial charge in [-0.05, 0) is 42.8 Å². The van der Waals surface area contributed by atoms with E-state index in [2.05, 4.69) is 15.5 Å². The molecule has 16 heavy (non-hydrogen) atoms. The smallest absolute Gasteiger partial charge is 0.153 e. The fourth-order valence-corrected chi connectivity index (χ4v) is 1.24. The van der Waals surface area contributed by atoms with Gasteiger partial charge in [-0.25, -0.2) is 4.39 Å². The molecule has 4 nitrogen and oxygen atoms in total. The molecule has 1 aromatic heterocycles. The molecule has 0 aliphatic rings.